The lowest BCUT2D eigenvalue weighted by atomic mass is 10.1. The van der Waals surface area contributed by atoms with Crippen LogP contribution in [0.25, 0.3) is 0 Å². The van der Waals surface area contributed by atoms with Gasteiger partial charge in [0.25, 0.3) is 5.91 Å². The minimum absolute atomic E-state index is 0.113. The Kier molecular flexibility index (Phi) is 4.35. The maximum absolute atomic E-state index is 12.4. The van der Waals surface area contributed by atoms with Gasteiger partial charge in [-0.3, -0.25) is 4.79 Å². The summed E-state index contributed by atoms with van der Waals surface area (Å²) in [6, 6.07) is 0.131. The predicted octanol–water partition coefficient (Wildman–Crippen LogP) is 1.97. The Morgan fingerprint density at radius 3 is 3.06 bits per heavy atom. The van der Waals surface area contributed by atoms with Gasteiger partial charge in [0.2, 0.25) is 0 Å². The van der Waals surface area contributed by atoms with Crippen molar-refractivity contribution in [1.82, 2.24) is 9.88 Å². The van der Waals surface area contributed by atoms with E-state index < -0.39 is 0 Å². The molecular weight excluding hydrogens is 246 g/mol. The first kappa shape index (κ1) is 13.5. The van der Waals surface area contributed by atoms with Crippen LogP contribution in [0.15, 0.2) is 0 Å². The normalized spacial score (nSPS) is 20.2. The highest BCUT2D eigenvalue weighted by molar-refractivity contribution is 7.13. The zero-order chi connectivity index (χ0) is 13.1. The van der Waals surface area contributed by atoms with Crippen LogP contribution in [-0.2, 0) is 6.42 Å². The number of likely N-dealkylation sites (tertiary alicyclic amines) is 1. The van der Waals surface area contributed by atoms with E-state index in [1.54, 1.807) is 11.3 Å². The first-order valence-corrected chi connectivity index (χ1v) is 7.44. The van der Waals surface area contributed by atoms with Gasteiger partial charge in [0.1, 0.15) is 4.88 Å². The molecule has 0 bridgehead atoms. The number of hydrogen-bond donors (Lipinski definition) is 1. The van der Waals surface area contributed by atoms with E-state index in [0.29, 0.717) is 6.54 Å². The van der Waals surface area contributed by atoms with Gasteiger partial charge in [-0.1, -0.05) is 6.92 Å². The third-order valence-corrected chi connectivity index (χ3v) is 4.45. The molecule has 0 spiro atoms. The first-order valence-electron chi connectivity index (χ1n) is 6.63. The number of aromatic nitrogens is 1. The lowest BCUT2D eigenvalue weighted by molar-refractivity contribution is 0.0713. The Hall–Kier alpha value is -0.940. The number of aryl methyl sites for hydroxylation is 2. The van der Waals surface area contributed by atoms with Gasteiger partial charge in [0.15, 0.2) is 0 Å². The Bertz CT molecular complexity index is 430. The lowest BCUT2D eigenvalue weighted by Crippen LogP contribution is -2.45. The molecule has 18 heavy (non-hydrogen) atoms. The Morgan fingerprint density at radius 1 is 1.61 bits per heavy atom. The Morgan fingerprint density at radius 2 is 2.39 bits per heavy atom. The van der Waals surface area contributed by atoms with E-state index in [2.05, 4.69) is 11.9 Å². The summed E-state index contributed by atoms with van der Waals surface area (Å²) < 4.78 is 0. The van der Waals surface area contributed by atoms with Crippen LogP contribution in [0.5, 0.6) is 0 Å². The molecule has 0 saturated carbocycles. The average Bonchev–Trinajstić information content (AvgIpc) is 2.70. The van der Waals surface area contributed by atoms with Crippen LogP contribution in [0, 0.1) is 6.92 Å². The molecule has 1 unspecified atom stereocenters. The zero-order valence-electron chi connectivity index (χ0n) is 11.1. The molecule has 0 aromatic carbocycles. The molecule has 1 amide bonds. The van der Waals surface area contributed by atoms with Crippen molar-refractivity contribution in [2.45, 2.75) is 45.6 Å². The number of carbonyl (C=O) groups excluding carboxylic acids is 1. The third kappa shape index (κ3) is 2.90. The number of nitrogens with two attached hydrogens (primary N) is 1. The fraction of sp³-hybridized carbons (Fsp3) is 0.692. The summed E-state index contributed by atoms with van der Waals surface area (Å²) in [5, 5.41) is 1.07. The fourth-order valence-corrected chi connectivity index (χ4v) is 3.44. The maximum atomic E-state index is 12.4. The molecule has 1 fully saturated rings. The molecular formula is C13H21N3OS. The van der Waals surface area contributed by atoms with Gasteiger partial charge < -0.3 is 10.6 Å². The van der Waals surface area contributed by atoms with E-state index in [4.69, 9.17) is 5.73 Å². The molecule has 1 saturated heterocycles. The molecule has 1 atom stereocenters. The monoisotopic (exact) mass is 267 g/mol. The lowest BCUT2D eigenvalue weighted by Gasteiger charge is -2.30. The zero-order valence-corrected chi connectivity index (χ0v) is 11.9. The number of rotatable bonds is 3. The van der Waals surface area contributed by atoms with Gasteiger partial charge >= 0.3 is 0 Å². The topological polar surface area (TPSA) is 59.2 Å². The largest absolute Gasteiger partial charge is 0.336 e. The summed E-state index contributed by atoms with van der Waals surface area (Å²) in [6.45, 7) is 5.56. The van der Waals surface area contributed by atoms with Crippen molar-refractivity contribution in [1.29, 1.82) is 0 Å². The second-order valence-corrected chi connectivity index (χ2v) is 6.01. The number of piperidine rings is 1. The van der Waals surface area contributed by atoms with Gasteiger partial charge in [0, 0.05) is 19.1 Å². The quantitative estimate of drug-likeness (QED) is 0.911. The van der Waals surface area contributed by atoms with Crippen LogP contribution in [0.3, 0.4) is 0 Å². The predicted molar refractivity (Wildman–Crippen MR) is 74.0 cm³/mol. The van der Waals surface area contributed by atoms with Crippen molar-refractivity contribution in [3.8, 4) is 0 Å². The SMILES string of the molecule is CCCc1nc(C)c(C(=O)N2CCCC(N)C2)s1. The average molecular weight is 267 g/mol. The summed E-state index contributed by atoms with van der Waals surface area (Å²) in [5.74, 6) is 0.113. The van der Waals surface area contributed by atoms with E-state index >= 15 is 0 Å². The number of hydrogen-bond acceptors (Lipinski definition) is 4. The van der Waals surface area contributed by atoms with E-state index in [1.165, 1.54) is 0 Å². The van der Waals surface area contributed by atoms with E-state index in [0.717, 1.165) is 47.8 Å². The van der Waals surface area contributed by atoms with Crippen LogP contribution in [0.2, 0.25) is 0 Å². The van der Waals surface area contributed by atoms with Crippen LogP contribution in [-0.4, -0.2) is 34.9 Å². The summed E-state index contributed by atoms with van der Waals surface area (Å²) >= 11 is 1.54. The van der Waals surface area contributed by atoms with E-state index in [1.807, 2.05) is 11.8 Å². The molecule has 1 aromatic heterocycles. The second-order valence-electron chi connectivity index (χ2n) is 4.93. The summed E-state index contributed by atoms with van der Waals surface area (Å²) in [5.41, 5.74) is 6.79. The van der Waals surface area contributed by atoms with Crippen molar-refractivity contribution in [2.24, 2.45) is 5.73 Å². The van der Waals surface area contributed by atoms with Crippen molar-refractivity contribution in [2.75, 3.05) is 13.1 Å². The van der Waals surface area contributed by atoms with Crippen molar-refractivity contribution in [3.63, 3.8) is 0 Å². The van der Waals surface area contributed by atoms with Crippen molar-refractivity contribution >= 4 is 17.2 Å². The second kappa shape index (κ2) is 5.80. The highest BCUT2D eigenvalue weighted by Crippen LogP contribution is 2.22. The third-order valence-electron chi connectivity index (χ3n) is 3.24. The van der Waals surface area contributed by atoms with E-state index in [9.17, 15) is 4.79 Å². The summed E-state index contributed by atoms with van der Waals surface area (Å²) in [7, 11) is 0. The minimum Gasteiger partial charge on any atom is -0.336 e. The minimum atomic E-state index is 0.113. The summed E-state index contributed by atoms with van der Waals surface area (Å²) in [6.07, 6.45) is 4.05. The van der Waals surface area contributed by atoms with Crippen molar-refractivity contribution < 1.29 is 4.79 Å². The standard InChI is InChI=1S/C13H21N3OS/c1-3-5-11-15-9(2)12(18-11)13(17)16-7-4-6-10(14)8-16/h10H,3-8,14H2,1-2H3. The van der Waals surface area contributed by atoms with Crippen LogP contribution in [0.1, 0.15) is 46.6 Å². The number of nitrogens with zero attached hydrogens (tertiary/aromatic N) is 2. The summed E-state index contributed by atoms with van der Waals surface area (Å²) in [4.78, 5) is 19.6. The van der Waals surface area contributed by atoms with Crippen LogP contribution < -0.4 is 5.73 Å². The Labute approximate surface area is 112 Å². The molecule has 2 heterocycles. The molecule has 2 rings (SSSR count). The molecule has 100 valence electrons. The fourth-order valence-electron chi connectivity index (χ4n) is 2.31. The maximum Gasteiger partial charge on any atom is 0.265 e. The van der Waals surface area contributed by atoms with Gasteiger partial charge in [-0.15, -0.1) is 11.3 Å². The molecule has 0 aliphatic carbocycles. The van der Waals surface area contributed by atoms with Gasteiger partial charge in [0.05, 0.1) is 10.7 Å². The highest BCUT2D eigenvalue weighted by atomic mass is 32.1. The smallest absolute Gasteiger partial charge is 0.265 e. The van der Waals surface area contributed by atoms with E-state index in [-0.39, 0.29) is 11.9 Å². The molecule has 1 aliphatic rings. The number of amides is 1. The molecule has 4 nitrogen and oxygen atoms in total. The molecule has 5 heteroatoms. The van der Waals surface area contributed by atoms with Gasteiger partial charge in [-0.05, 0) is 32.6 Å². The van der Waals surface area contributed by atoms with Crippen molar-refractivity contribution in [3.05, 3.63) is 15.6 Å². The van der Waals surface area contributed by atoms with Gasteiger partial charge in [-0.2, -0.15) is 0 Å². The van der Waals surface area contributed by atoms with Crippen LogP contribution >= 0.6 is 11.3 Å². The highest BCUT2D eigenvalue weighted by Gasteiger charge is 2.25. The molecule has 0 radical (unpaired) electrons. The number of carbonyl (C=O) groups is 1. The van der Waals surface area contributed by atoms with Crippen LogP contribution in [0.4, 0.5) is 0 Å². The van der Waals surface area contributed by atoms with Gasteiger partial charge in [-0.25, -0.2) is 4.98 Å². The Balaban J connectivity index is 2.12. The molecule has 1 aromatic rings. The molecule has 2 N–H and O–H groups in total. The first-order chi connectivity index (χ1) is 8.61. The molecule has 1 aliphatic heterocycles. The number of thiazole rings is 1.